The van der Waals surface area contributed by atoms with Gasteiger partial charge >= 0.3 is 5.97 Å². The quantitative estimate of drug-likeness (QED) is 0.781. The maximum atomic E-state index is 11.6. The number of carboxylic acids is 1. The number of aromatic nitrogens is 2. The zero-order valence-electron chi connectivity index (χ0n) is 12.6. The van der Waals surface area contributed by atoms with Crippen LogP contribution in [0.3, 0.4) is 0 Å². The Morgan fingerprint density at radius 3 is 2.52 bits per heavy atom. The molecule has 1 heterocycles. The summed E-state index contributed by atoms with van der Waals surface area (Å²) in [5, 5.41) is 13.9. The molecule has 0 saturated carbocycles. The molecule has 0 saturated heterocycles. The van der Waals surface area contributed by atoms with E-state index in [0.29, 0.717) is 23.7 Å². The van der Waals surface area contributed by atoms with E-state index in [1.807, 2.05) is 61.5 Å². The van der Waals surface area contributed by atoms with E-state index in [1.165, 1.54) is 4.68 Å². The number of hydrogen-bond acceptors (Lipinski definition) is 3. The Bertz CT molecular complexity index is 825. The van der Waals surface area contributed by atoms with Crippen LogP contribution in [0.15, 0.2) is 60.7 Å². The molecule has 0 radical (unpaired) electrons. The zero-order valence-corrected chi connectivity index (χ0v) is 12.6. The smallest absolute Gasteiger partial charge is 0.354 e. The molecule has 1 aromatic heterocycles. The van der Waals surface area contributed by atoms with Crippen LogP contribution >= 0.6 is 0 Å². The van der Waals surface area contributed by atoms with Gasteiger partial charge in [0.2, 0.25) is 0 Å². The van der Waals surface area contributed by atoms with Crippen LogP contribution in [-0.4, -0.2) is 27.5 Å². The summed E-state index contributed by atoms with van der Waals surface area (Å²) in [7, 11) is 0. The Labute approximate surface area is 133 Å². The average molecular weight is 308 g/mol. The fraction of sp³-hybridized carbons (Fsp3) is 0.111. The van der Waals surface area contributed by atoms with Gasteiger partial charge in [-0.25, -0.2) is 9.48 Å². The van der Waals surface area contributed by atoms with Gasteiger partial charge in [-0.1, -0.05) is 30.3 Å². The molecule has 0 aliphatic heterocycles. The van der Waals surface area contributed by atoms with E-state index < -0.39 is 5.97 Å². The van der Waals surface area contributed by atoms with Crippen molar-refractivity contribution >= 4 is 5.97 Å². The van der Waals surface area contributed by atoms with Crippen LogP contribution in [-0.2, 0) is 0 Å². The predicted molar refractivity (Wildman–Crippen MR) is 87.1 cm³/mol. The van der Waals surface area contributed by atoms with Gasteiger partial charge in [0, 0.05) is 5.56 Å². The Kier molecular flexibility index (Phi) is 4.10. The minimum absolute atomic E-state index is 0.109. The molecular formula is C18H16N2O3. The van der Waals surface area contributed by atoms with Crippen LogP contribution in [0.2, 0.25) is 0 Å². The highest BCUT2D eigenvalue weighted by Crippen LogP contribution is 2.30. The normalized spacial score (nSPS) is 10.5. The summed E-state index contributed by atoms with van der Waals surface area (Å²) in [6.07, 6.45) is 0. The summed E-state index contributed by atoms with van der Waals surface area (Å²) in [6, 6.07) is 18.2. The van der Waals surface area contributed by atoms with Crippen molar-refractivity contribution in [3.05, 3.63) is 66.4 Å². The molecule has 0 fully saturated rings. The number of aromatic carboxylic acids is 1. The Morgan fingerprint density at radius 1 is 1.13 bits per heavy atom. The van der Waals surface area contributed by atoms with Gasteiger partial charge in [0.25, 0.3) is 0 Å². The third-order valence-electron chi connectivity index (χ3n) is 3.39. The summed E-state index contributed by atoms with van der Waals surface area (Å²) in [4.78, 5) is 11.6. The summed E-state index contributed by atoms with van der Waals surface area (Å²) in [6.45, 7) is 2.43. The van der Waals surface area contributed by atoms with Crippen LogP contribution in [0.5, 0.6) is 5.75 Å². The van der Waals surface area contributed by atoms with E-state index >= 15 is 0 Å². The zero-order chi connectivity index (χ0) is 16.2. The average Bonchev–Trinajstić information content (AvgIpc) is 3.02. The van der Waals surface area contributed by atoms with Crippen molar-refractivity contribution in [3.8, 4) is 22.7 Å². The van der Waals surface area contributed by atoms with Crippen LogP contribution in [0.1, 0.15) is 17.4 Å². The molecule has 0 aliphatic carbocycles. The third-order valence-corrected chi connectivity index (χ3v) is 3.39. The standard InChI is InChI=1S/C18H16N2O3/c1-2-23-17-11-7-6-10-14(17)15-12-16(18(21)22)20(19-15)13-8-4-3-5-9-13/h3-12H,2H2,1H3,(H,21,22). The van der Waals surface area contributed by atoms with Crippen molar-refractivity contribution in [2.45, 2.75) is 6.92 Å². The summed E-state index contributed by atoms with van der Waals surface area (Å²) in [5.74, 6) is -0.342. The molecule has 5 heteroatoms. The number of para-hydroxylation sites is 2. The molecule has 0 spiro atoms. The van der Waals surface area contributed by atoms with Gasteiger partial charge in [0.1, 0.15) is 5.75 Å². The van der Waals surface area contributed by atoms with Gasteiger partial charge in [-0.3, -0.25) is 0 Å². The Balaban J connectivity index is 2.14. The molecule has 5 nitrogen and oxygen atoms in total. The molecule has 0 unspecified atom stereocenters. The second kappa shape index (κ2) is 6.36. The van der Waals surface area contributed by atoms with Gasteiger partial charge in [-0.2, -0.15) is 5.10 Å². The number of carboxylic acid groups (broad SMARTS) is 1. The van der Waals surface area contributed by atoms with Crippen LogP contribution in [0.25, 0.3) is 16.9 Å². The van der Waals surface area contributed by atoms with E-state index in [4.69, 9.17) is 4.74 Å². The Morgan fingerprint density at radius 2 is 1.83 bits per heavy atom. The minimum Gasteiger partial charge on any atom is -0.493 e. The van der Waals surface area contributed by atoms with E-state index in [0.717, 1.165) is 5.56 Å². The number of nitrogens with zero attached hydrogens (tertiary/aromatic N) is 2. The molecule has 116 valence electrons. The van der Waals surface area contributed by atoms with E-state index in [2.05, 4.69) is 5.10 Å². The fourth-order valence-electron chi connectivity index (χ4n) is 2.39. The van der Waals surface area contributed by atoms with Crippen molar-refractivity contribution in [2.75, 3.05) is 6.61 Å². The van der Waals surface area contributed by atoms with Gasteiger partial charge < -0.3 is 9.84 Å². The first-order chi connectivity index (χ1) is 11.2. The summed E-state index contributed by atoms with van der Waals surface area (Å²) < 4.78 is 7.04. The molecule has 0 atom stereocenters. The SMILES string of the molecule is CCOc1ccccc1-c1cc(C(=O)O)n(-c2ccccc2)n1. The number of carbonyl (C=O) groups is 1. The molecule has 23 heavy (non-hydrogen) atoms. The molecule has 0 bridgehead atoms. The molecule has 2 aromatic carbocycles. The number of hydrogen-bond donors (Lipinski definition) is 1. The molecule has 0 amide bonds. The highest BCUT2D eigenvalue weighted by atomic mass is 16.5. The predicted octanol–water partition coefficient (Wildman–Crippen LogP) is 3.64. The van der Waals surface area contributed by atoms with Crippen molar-refractivity contribution < 1.29 is 14.6 Å². The summed E-state index contributed by atoms with van der Waals surface area (Å²) >= 11 is 0. The maximum absolute atomic E-state index is 11.6. The molecule has 0 aliphatic rings. The maximum Gasteiger partial charge on any atom is 0.354 e. The Hall–Kier alpha value is -3.08. The lowest BCUT2D eigenvalue weighted by atomic mass is 10.1. The van der Waals surface area contributed by atoms with Crippen LogP contribution in [0.4, 0.5) is 0 Å². The molecule has 1 N–H and O–H groups in total. The van der Waals surface area contributed by atoms with Gasteiger partial charge in [-0.05, 0) is 37.3 Å². The number of rotatable bonds is 5. The first-order valence-corrected chi connectivity index (χ1v) is 7.31. The van der Waals surface area contributed by atoms with Gasteiger partial charge in [0.05, 0.1) is 18.0 Å². The third kappa shape index (κ3) is 2.94. The largest absolute Gasteiger partial charge is 0.493 e. The van der Waals surface area contributed by atoms with Crippen molar-refractivity contribution in [1.29, 1.82) is 0 Å². The topological polar surface area (TPSA) is 64.3 Å². The van der Waals surface area contributed by atoms with Gasteiger partial charge in [0.15, 0.2) is 5.69 Å². The lowest BCUT2D eigenvalue weighted by Crippen LogP contribution is -2.07. The van der Waals surface area contributed by atoms with E-state index in [1.54, 1.807) is 6.07 Å². The van der Waals surface area contributed by atoms with E-state index in [-0.39, 0.29) is 5.69 Å². The molecular weight excluding hydrogens is 292 g/mol. The van der Waals surface area contributed by atoms with Crippen molar-refractivity contribution in [3.63, 3.8) is 0 Å². The highest BCUT2D eigenvalue weighted by Gasteiger charge is 2.18. The second-order valence-corrected chi connectivity index (χ2v) is 4.90. The summed E-state index contributed by atoms with van der Waals surface area (Å²) in [5.41, 5.74) is 2.14. The minimum atomic E-state index is -1.03. The number of ether oxygens (including phenoxy) is 1. The highest BCUT2D eigenvalue weighted by molar-refractivity contribution is 5.88. The molecule has 3 rings (SSSR count). The first-order valence-electron chi connectivity index (χ1n) is 7.31. The lowest BCUT2D eigenvalue weighted by molar-refractivity contribution is 0.0687. The molecule has 3 aromatic rings. The van der Waals surface area contributed by atoms with Crippen LogP contribution < -0.4 is 4.74 Å². The number of benzene rings is 2. The van der Waals surface area contributed by atoms with Gasteiger partial charge in [-0.15, -0.1) is 0 Å². The monoisotopic (exact) mass is 308 g/mol. The fourth-order valence-corrected chi connectivity index (χ4v) is 2.39. The van der Waals surface area contributed by atoms with Crippen molar-refractivity contribution in [1.82, 2.24) is 9.78 Å². The lowest BCUT2D eigenvalue weighted by Gasteiger charge is -2.07. The second-order valence-electron chi connectivity index (χ2n) is 4.90. The first kappa shape index (κ1) is 14.8. The van der Waals surface area contributed by atoms with Crippen LogP contribution in [0, 0.1) is 0 Å². The van der Waals surface area contributed by atoms with E-state index in [9.17, 15) is 9.90 Å². The van der Waals surface area contributed by atoms with Crippen molar-refractivity contribution in [2.24, 2.45) is 0 Å².